The van der Waals surface area contributed by atoms with Gasteiger partial charge in [-0.25, -0.2) is 10.4 Å². The van der Waals surface area contributed by atoms with Crippen LogP contribution in [-0.4, -0.2) is 115 Å². The van der Waals surface area contributed by atoms with E-state index in [4.69, 9.17) is 9.47 Å². The molecule has 3 aliphatic carbocycles. The lowest BCUT2D eigenvalue weighted by Crippen LogP contribution is -2.56. The van der Waals surface area contributed by atoms with Gasteiger partial charge in [-0.05, 0) is 74.3 Å². The molecule has 4 unspecified atom stereocenters. The Morgan fingerprint density at radius 2 is 1.86 bits per heavy atom. The quantitative estimate of drug-likeness (QED) is 0.163. The van der Waals surface area contributed by atoms with Crippen LogP contribution in [0.1, 0.15) is 96.8 Å². The molecule has 3 N–H and O–H groups in total. The van der Waals surface area contributed by atoms with Gasteiger partial charge in [0, 0.05) is 57.7 Å². The van der Waals surface area contributed by atoms with Gasteiger partial charge in [-0.2, -0.15) is 5.53 Å². The van der Waals surface area contributed by atoms with E-state index in [-0.39, 0.29) is 54.0 Å². The summed E-state index contributed by atoms with van der Waals surface area (Å²) in [7, 11) is -0.115. The highest BCUT2D eigenvalue weighted by molar-refractivity contribution is 6.80. The Hall–Kier alpha value is -1.34. The van der Waals surface area contributed by atoms with E-state index in [2.05, 4.69) is 52.4 Å². The fraction of sp³-hybridized carbons (Fsp3) is 0.895. The van der Waals surface area contributed by atoms with Gasteiger partial charge < -0.3 is 24.4 Å². The molecule has 276 valence electrons. The molecule has 0 aromatic carbocycles. The van der Waals surface area contributed by atoms with Gasteiger partial charge in [-0.1, -0.05) is 58.2 Å². The first kappa shape index (κ1) is 36.0. The molecule has 10 nitrogen and oxygen atoms in total. The lowest BCUT2D eigenvalue weighted by molar-refractivity contribution is -0.157. The van der Waals surface area contributed by atoms with Gasteiger partial charge in [0.25, 0.3) is 5.91 Å². The normalized spacial score (nSPS) is 41.4. The molecule has 2 amide bonds. The molecule has 0 bridgehead atoms. The van der Waals surface area contributed by atoms with E-state index in [9.17, 15) is 14.7 Å². The molecular formula is C38H65N5O5Si. The van der Waals surface area contributed by atoms with Crippen LogP contribution in [0, 0.1) is 17.8 Å². The van der Waals surface area contributed by atoms with E-state index >= 15 is 0 Å². The van der Waals surface area contributed by atoms with Crippen molar-refractivity contribution in [2.45, 2.75) is 163 Å². The van der Waals surface area contributed by atoms with Crippen LogP contribution in [0.5, 0.6) is 0 Å². The van der Waals surface area contributed by atoms with Crippen molar-refractivity contribution in [3.8, 4) is 0 Å². The number of rotatable bonds is 11. The lowest BCUT2D eigenvalue weighted by Gasteiger charge is -2.47. The van der Waals surface area contributed by atoms with E-state index in [1.165, 1.54) is 32.1 Å². The number of aliphatic hydroxyl groups is 1. The van der Waals surface area contributed by atoms with Gasteiger partial charge in [0.15, 0.2) is 5.60 Å². The van der Waals surface area contributed by atoms with Gasteiger partial charge >= 0.3 is 0 Å². The molecule has 4 heterocycles. The maximum Gasteiger partial charge on any atom is 0.256 e. The van der Waals surface area contributed by atoms with Crippen LogP contribution in [0.2, 0.25) is 24.2 Å². The van der Waals surface area contributed by atoms with Crippen LogP contribution in [-0.2, 0) is 19.1 Å². The van der Waals surface area contributed by atoms with Crippen molar-refractivity contribution < 1.29 is 24.2 Å². The van der Waals surface area contributed by atoms with E-state index in [1.807, 2.05) is 13.2 Å². The van der Waals surface area contributed by atoms with Gasteiger partial charge in [-0.15, -0.1) is 6.58 Å². The summed E-state index contributed by atoms with van der Waals surface area (Å²) in [6.45, 7) is 14.5. The molecule has 7 aliphatic rings. The maximum absolute atomic E-state index is 14.9. The van der Waals surface area contributed by atoms with Crippen molar-refractivity contribution >= 4 is 19.9 Å². The number of methoxy groups -OCH3 is 1. The van der Waals surface area contributed by atoms with Gasteiger partial charge in [0.05, 0.1) is 32.4 Å². The topological polar surface area (TPSA) is 107 Å². The van der Waals surface area contributed by atoms with Crippen LogP contribution in [0.25, 0.3) is 0 Å². The second-order valence-electron chi connectivity index (χ2n) is 17.5. The highest BCUT2D eigenvalue weighted by atomic mass is 28.3. The van der Waals surface area contributed by atoms with Crippen LogP contribution in [0.15, 0.2) is 12.7 Å². The average Bonchev–Trinajstić information content (AvgIpc) is 3.77. The Bertz CT molecular complexity index is 1210. The molecular weight excluding hydrogens is 635 g/mol. The number of aliphatic hydroxyl groups excluding tert-OH is 1. The monoisotopic (exact) mass is 699 g/mol. The van der Waals surface area contributed by atoms with Crippen molar-refractivity contribution in [3.05, 3.63) is 12.7 Å². The van der Waals surface area contributed by atoms with E-state index in [1.54, 1.807) is 0 Å². The number of hydrogen-bond acceptors (Lipinski definition) is 8. The molecule has 4 aliphatic heterocycles. The number of nitrogens with zero attached hydrogens (tertiary/aromatic N) is 3. The smallest absolute Gasteiger partial charge is 0.256 e. The minimum atomic E-state index is -1.96. The van der Waals surface area contributed by atoms with Crippen LogP contribution in [0.4, 0.5) is 0 Å². The average molecular weight is 700 g/mol. The summed E-state index contributed by atoms with van der Waals surface area (Å²) in [6.07, 6.45) is 16.7. The second kappa shape index (κ2) is 14.6. The molecule has 0 aromatic heterocycles. The third-order valence-electron chi connectivity index (χ3n) is 14.9. The molecule has 0 aromatic rings. The number of carbonyl (C=O) groups is 2. The summed E-state index contributed by atoms with van der Waals surface area (Å²) in [4.78, 5) is 31.7. The fourth-order valence-corrected chi connectivity index (χ4v) is 17.3. The second-order valence-corrected chi connectivity index (χ2v) is 22.6. The first-order chi connectivity index (χ1) is 23.6. The molecule has 0 radical (unpaired) electrons. The number of fused-ring (bicyclic) bond motifs is 2. The Balaban J connectivity index is 1.14. The number of likely N-dealkylation sites (tertiary alicyclic amines) is 2. The van der Waals surface area contributed by atoms with Crippen LogP contribution in [0.3, 0.4) is 0 Å². The number of hydrogen-bond donors (Lipinski definition) is 3. The molecule has 9 atom stereocenters. The molecule has 3 saturated carbocycles. The third kappa shape index (κ3) is 6.39. The zero-order valence-electron chi connectivity index (χ0n) is 30.8. The number of hydrazine groups is 2. The maximum atomic E-state index is 14.9. The SMILES string of the molecule is C=CCN1C(=O)[C@@]2(O[C@@H](CCN3CC([C@H](O)C4CCCCC4)NN3)[C@H]([Si](C)(C)C3CCC(OC)CC3)[C@H]2C)C2CC(N3CCC3=O)CCC21. The van der Waals surface area contributed by atoms with Crippen LogP contribution < -0.4 is 11.0 Å². The highest BCUT2D eigenvalue weighted by Crippen LogP contribution is 2.62. The van der Waals surface area contributed by atoms with Crippen LogP contribution >= 0.6 is 0 Å². The summed E-state index contributed by atoms with van der Waals surface area (Å²) >= 11 is 0. The van der Waals surface area contributed by atoms with Gasteiger partial charge in [-0.3, -0.25) is 9.59 Å². The highest BCUT2D eigenvalue weighted by Gasteiger charge is 2.71. The third-order valence-corrected chi connectivity index (χ3v) is 20.2. The standard InChI is InChI=1S/C38H65N5O5Si/c1-6-20-43-32-17-12-27(42-22-19-34(42)44)23-30(32)38(37(43)46)25(2)36(49(4,5)29-15-13-28(47-3)14-16-29)33(48-38)18-21-41-24-31(39-40-41)35(45)26-10-8-7-9-11-26/h6,25-33,35-36,39-40,45H,1,7-24H2,2-5H3/t25-,27?,28?,29?,30?,31?,32?,33+,35-,36-,38+/m1/s1. The van der Waals surface area contributed by atoms with Gasteiger partial charge in [0.1, 0.15) is 0 Å². The minimum absolute atomic E-state index is 0.0137. The molecule has 49 heavy (non-hydrogen) atoms. The predicted octanol–water partition coefficient (Wildman–Crippen LogP) is 4.62. The van der Waals surface area contributed by atoms with E-state index < -0.39 is 13.7 Å². The Kier molecular flexibility index (Phi) is 10.7. The summed E-state index contributed by atoms with van der Waals surface area (Å²) in [5, 5.41) is 13.5. The van der Waals surface area contributed by atoms with Crippen molar-refractivity contribution in [2.24, 2.45) is 17.8 Å². The number of carbonyl (C=O) groups excluding carboxylic acids is 2. The largest absolute Gasteiger partial charge is 0.391 e. The molecule has 7 fully saturated rings. The summed E-state index contributed by atoms with van der Waals surface area (Å²) in [5.41, 5.74) is 6.97. The van der Waals surface area contributed by atoms with Crippen molar-refractivity contribution in [1.82, 2.24) is 25.8 Å². The Labute approximate surface area is 296 Å². The number of nitrogens with one attached hydrogen (secondary N) is 2. The Morgan fingerprint density at radius 1 is 1.10 bits per heavy atom. The van der Waals surface area contributed by atoms with Crippen molar-refractivity contribution in [2.75, 3.05) is 33.3 Å². The summed E-state index contributed by atoms with van der Waals surface area (Å²) in [5.74, 6) is 0.986. The molecule has 1 spiro atoms. The van der Waals surface area contributed by atoms with Crippen molar-refractivity contribution in [3.63, 3.8) is 0 Å². The molecule has 7 rings (SSSR count). The van der Waals surface area contributed by atoms with Crippen molar-refractivity contribution in [1.29, 1.82) is 0 Å². The molecule has 11 heteroatoms. The minimum Gasteiger partial charge on any atom is -0.391 e. The van der Waals surface area contributed by atoms with E-state index in [0.717, 1.165) is 71.0 Å². The lowest BCUT2D eigenvalue weighted by atomic mass is 9.69. The summed E-state index contributed by atoms with van der Waals surface area (Å²) in [6, 6.07) is 0.350. The fourth-order valence-electron chi connectivity index (χ4n) is 12.2. The molecule has 4 saturated heterocycles. The van der Waals surface area contributed by atoms with E-state index in [0.29, 0.717) is 36.1 Å². The Morgan fingerprint density at radius 3 is 2.51 bits per heavy atom. The summed E-state index contributed by atoms with van der Waals surface area (Å²) < 4.78 is 13.3. The predicted molar refractivity (Wildman–Crippen MR) is 193 cm³/mol. The number of β-lactam (4-membered cyclic amide) rings is 1. The first-order valence-electron chi connectivity index (χ1n) is 20.0. The van der Waals surface area contributed by atoms with Gasteiger partial charge in [0.2, 0.25) is 5.91 Å². The zero-order valence-corrected chi connectivity index (χ0v) is 31.8. The number of ether oxygens (including phenoxy) is 2. The number of amides is 2. The zero-order chi connectivity index (χ0) is 34.5. The first-order valence-corrected chi connectivity index (χ1v) is 23.1.